The van der Waals surface area contributed by atoms with Gasteiger partial charge in [-0.2, -0.15) is 0 Å². The van der Waals surface area contributed by atoms with E-state index in [-0.39, 0.29) is 0 Å². The first kappa shape index (κ1) is 12.7. The van der Waals surface area contributed by atoms with Crippen molar-refractivity contribution in [2.24, 2.45) is 0 Å². The molecule has 0 aliphatic carbocycles. The molecule has 0 aliphatic rings. The Labute approximate surface area is 126 Å². The molecule has 0 unspecified atom stereocenters. The van der Waals surface area contributed by atoms with Gasteiger partial charge in [0.05, 0.1) is 11.0 Å². The second-order valence-electron chi connectivity index (χ2n) is 4.73. The van der Waals surface area contributed by atoms with Gasteiger partial charge >= 0.3 is 0 Å². The van der Waals surface area contributed by atoms with E-state index in [9.17, 15) is 0 Å². The van der Waals surface area contributed by atoms with E-state index in [1.807, 2.05) is 0 Å². The summed E-state index contributed by atoms with van der Waals surface area (Å²) >= 11 is 2.39. The normalized spacial score (nSPS) is 11.1. The fourth-order valence-corrected chi connectivity index (χ4v) is 2.85. The van der Waals surface area contributed by atoms with Crippen molar-refractivity contribution in [2.45, 2.75) is 20.3 Å². The summed E-state index contributed by atoms with van der Waals surface area (Å²) in [6, 6.07) is 12.8. The number of aryl methyl sites for hydroxylation is 2. The summed E-state index contributed by atoms with van der Waals surface area (Å²) in [5.74, 6) is 0.955. The van der Waals surface area contributed by atoms with Crippen molar-refractivity contribution < 1.29 is 0 Å². The minimum absolute atomic E-state index is 0.955. The van der Waals surface area contributed by atoms with E-state index < -0.39 is 0 Å². The number of nitrogens with zero attached hydrogens (tertiary/aromatic N) is 1. The fraction of sp³-hybridized carbons (Fsp3) is 0.188. The summed E-state index contributed by atoms with van der Waals surface area (Å²) in [5.41, 5.74) is 5.94. The summed E-state index contributed by atoms with van der Waals surface area (Å²) < 4.78 is 1.26. The van der Waals surface area contributed by atoms with E-state index >= 15 is 0 Å². The average Bonchev–Trinajstić information content (AvgIpc) is 2.84. The minimum atomic E-state index is 0.955. The van der Waals surface area contributed by atoms with Gasteiger partial charge in [0.15, 0.2) is 0 Å². The molecular weight excluding hydrogens is 347 g/mol. The SMILES string of the molecule is CCc1ccc2nc(-c3cccc(C)c3I)[nH]c2c1. The molecule has 96 valence electrons. The predicted molar refractivity (Wildman–Crippen MR) is 88.4 cm³/mol. The lowest BCUT2D eigenvalue weighted by molar-refractivity contribution is 1.14. The Balaban J connectivity index is 2.18. The topological polar surface area (TPSA) is 28.7 Å². The molecule has 0 saturated carbocycles. The van der Waals surface area contributed by atoms with Crippen LogP contribution in [0.5, 0.6) is 0 Å². The molecule has 19 heavy (non-hydrogen) atoms. The Morgan fingerprint density at radius 2 is 2.05 bits per heavy atom. The Kier molecular flexibility index (Phi) is 3.31. The quantitative estimate of drug-likeness (QED) is 0.658. The van der Waals surface area contributed by atoms with Crippen LogP contribution in [-0.2, 0) is 6.42 Å². The summed E-state index contributed by atoms with van der Waals surface area (Å²) in [6.07, 6.45) is 1.05. The van der Waals surface area contributed by atoms with E-state index in [1.165, 1.54) is 20.3 Å². The third kappa shape index (κ3) is 2.27. The Morgan fingerprint density at radius 3 is 2.84 bits per heavy atom. The van der Waals surface area contributed by atoms with Gasteiger partial charge < -0.3 is 4.98 Å². The van der Waals surface area contributed by atoms with Crippen LogP contribution in [0.4, 0.5) is 0 Å². The van der Waals surface area contributed by atoms with Gasteiger partial charge in [-0.15, -0.1) is 0 Å². The lowest BCUT2D eigenvalue weighted by Crippen LogP contribution is -1.88. The first-order valence-electron chi connectivity index (χ1n) is 6.43. The highest BCUT2D eigenvalue weighted by molar-refractivity contribution is 14.1. The molecule has 0 amide bonds. The maximum absolute atomic E-state index is 4.70. The molecule has 1 heterocycles. The zero-order valence-electron chi connectivity index (χ0n) is 11.0. The highest BCUT2D eigenvalue weighted by Crippen LogP contribution is 2.27. The van der Waals surface area contributed by atoms with E-state index in [2.05, 4.69) is 77.8 Å². The largest absolute Gasteiger partial charge is 0.338 e. The van der Waals surface area contributed by atoms with Crippen LogP contribution in [-0.4, -0.2) is 9.97 Å². The smallest absolute Gasteiger partial charge is 0.139 e. The van der Waals surface area contributed by atoms with Crippen molar-refractivity contribution in [3.05, 3.63) is 51.1 Å². The molecule has 0 radical (unpaired) electrons. The van der Waals surface area contributed by atoms with E-state index in [1.54, 1.807) is 0 Å². The van der Waals surface area contributed by atoms with Gasteiger partial charge in [-0.05, 0) is 59.2 Å². The highest BCUT2D eigenvalue weighted by atomic mass is 127. The number of benzene rings is 2. The number of hydrogen-bond donors (Lipinski definition) is 1. The van der Waals surface area contributed by atoms with Crippen LogP contribution < -0.4 is 0 Å². The first-order valence-corrected chi connectivity index (χ1v) is 7.51. The van der Waals surface area contributed by atoms with Gasteiger partial charge in [0.25, 0.3) is 0 Å². The third-order valence-corrected chi connectivity index (χ3v) is 4.83. The van der Waals surface area contributed by atoms with Gasteiger partial charge in [0.1, 0.15) is 5.82 Å². The molecule has 0 fully saturated rings. The van der Waals surface area contributed by atoms with Crippen molar-refractivity contribution in [3.8, 4) is 11.4 Å². The van der Waals surface area contributed by atoms with Crippen molar-refractivity contribution in [3.63, 3.8) is 0 Å². The van der Waals surface area contributed by atoms with Gasteiger partial charge in [0, 0.05) is 9.13 Å². The average molecular weight is 362 g/mol. The molecule has 0 atom stereocenters. The molecule has 1 N–H and O–H groups in total. The summed E-state index contributed by atoms with van der Waals surface area (Å²) in [5, 5.41) is 0. The van der Waals surface area contributed by atoms with Crippen LogP contribution in [0.2, 0.25) is 0 Å². The Hall–Kier alpha value is -1.36. The van der Waals surface area contributed by atoms with E-state index in [4.69, 9.17) is 4.98 Å². The van der Waals surface area contributed by atoms with E-state index in [0.717, 1.165) is 23.3 Å². The van der Waals surface area contributed by atoms with Crippen molar-refractivity contribution >= 4 is 33.6 Å². The van der Waals surface area contributed by atoms with Crippen LogP contribution in [0, 0.1) is 10.5 Å². The monoisotopic (exact) mass is 362 g/mol. The maximum atomic E-state index is 4.70. The summed E-state index contributed by atoms with van der Waals surface area (Å²) in [4.78, 5) is 8.14. The zero-order chi connectivity index (χ0) is 13.4. The molecule has 0 aliphatic heterocycles. The van der Waals surface area contributed by atoms with Crippen molar-refractivity contribution in [2.75, 3.05) is 0 Å². The number of rotatable bonds is 2. The standard InChI is InChI=1S/C16H15IN2/c1-3-11-7-8-13-14(9-11)19-16(18-13)12-6-4-5-10(2)15(12)17/h4-9H,3H2,1-2H3,(H,18,19). The molecule has 0 saturated heterocycles. The number of nitrogens with one attached hydrogen (secondary N) is 1. The van der Waals surface area contributed by atoms with Crippen LogP contribution in [0.15, 0.2) is 36.4 Å². The number of fused-ring (bicyclic) bond motifs is 1. The van der Waals surface area contributed by atoms with Crippen LogP contribution >= 0.6 is 22.6 Å². The molecule has 3 aromatic rings. The summed E-state index contributed by atoms with van der Waals surface area (Å²) in [7, 11) is 0. The van der Waals surface area contributed by atoms with Gasteiger partial charge in [-0.25, -0.2) is 4.98 Å². The number of H-pyrrole nitrogens is 1. The first-order chi connectivity index (χ1) is 9.19. The van der Waals surface area contributed by atoms with Crippen molar-refractivity contribution in [1.29, 1.82) is 0 Å². The van der Waals surface area contributed by atoms with E-state index in [0.29, 0.717) is 0 Å². The van der Waals surface area contributed by atoms with Crippen molar-refractivity contribution in [1.82, 2.24) is 9.97 Å². The molecule has 0 spiro atoms. The number of aromatic nitrogens is 2. The lowest BCUT2D eigenvalue weighted by Gasteiger charge is -2.03. The van der Waals surface area contributed by atoms with Crippen LogP contribution in [0.1, 0.15) is 18.1 Å². The molecule has 3 heteroatoms. The molecule has 1 aromatic heterocycles. The Morgan fingerprint density at radius 1 is 1.21 bits per heavy atom. The zero-order valence-corrected chi connectivity index (χ0v) is 13.2. The van der Waals surface area contributed by atoms with Crippen LogP contribution in [0.3, 0.4) is 0 Å². The minimum Gasteiger partial charge on any atom is -0.338 e. The number of halogens is 1. The molecule has 0 bridgehead atoms. The third-order valence-electron chi connectivity index (χ3n) is 3.40. The number of imidazole rings is 1. The maximum Gasteiger partial charge on any atom is 0.139 e. The number of hydrogen-bond acceptors (Lipinski definition) is 1. The van der Waals surface area contributed by atoms with Gasteiger partial charge in [-0.1, -0.05) is 31.2 Å². The Bertz CT molecular complexity index is 744. The second kappa shape index (κ2) is 4.96. The van der Waals surface area contributed by atoms with Gasteiger partial charge in [-0.3, -0.25) is 0 Å². The number of aromatic amines is 1. The second-order valence-corrected chi connectivity index (χ2v) is 5.81. The van der Waals surface area contributed by atoms with Crippen LogP contribution in [0.25, 0.3) is 22.4 Å². The lowest BCUT2D eigenvalue weighted by atomic mass is 10.1. The molecule has 2 nitrogen and oxygen atoms in total. The molecule has 2 aromatic carbocycles. The highest BCUT2D eigenvalue weighted by Gasteiger charge is 2.09. The summed E-state index contributed by atoms with van der Waals surface area (Å²) in [6.45, 7) is 4.30. The predicted octanol–water partition coefficient (Wildman–Crippen LogP) is 4.71. The molecule has 3 rings (SSSR count). The molecular formula is C16H15IN2. The van der Waals surface area contributed by atoms with Gasteiger partial charge in [0.2, 0.25) is 0 Å². The fourth-order valence-electron chi connectivity index (χ4n) is 2.23.